The minimum absolute atomic E-state index is 0.0733. The van der Waals surface area contributed by atoms with E-state index in [1.807, 2.05) is 0 Å². The number of hydrogen-bond donors (Lipinski definition) is 1. The van der Waals surface area contributed by atoms with Crippen LogP contribution in [0.3, 0.4) is 0 Å². The molecular weight excluding hydrogens is 430 g/mol. The van der Waals surface area contributed by atoms with Crippen LogP contribution in [0, 0.1) is 24.0 Å². The fraction of sp³-hybridized carbons (Fsp3) is 0.0526. The number of halogens is 2. The Bertz CT molecular complexity index is 1460. The molecule has 1 aromatic carbocycles. The third-order valence-electron chi connectivity index (χ3n) is 4.15. The first-order chi connectivity index (χ1) is 14.8. The standard InChI is InChI=1S/C19H12F2N6O3S/c1-3-13-9-23-19-24-10-16(25-27(13)19)11-6-15(18(30-2)22-8-11)26-31(28,29)17-5-4-12(20)7-14(17)21/h1,4-10,26H,2H3. The first-order valence-electron chi connectivity index (χ1n) is 8.52. The molecule has 0 amide bonds. The van der Waals surface area contributed by atoms with Gasteiger partial charge in [-0.25, -0.2) is 32.2 Å². The highest BCUT2D eigenvalue weighted by Gasteiger charge is 2.22. The minimum Gasteiger partial charge on any atom is -0.480 e. The number of imidazole rings is 1. The summed E-state index contributed by atoms with van der Waals surface area (Å²) in [5.74, 6) is 0.488. The quantitative estimate of drug-likeness (QED) is 0.472. The van der Waals surface area contributed by atoms with Gasteiger partial charge in [0.25, 0.3) is 15.8 Å². The molecule has 31 heavy (non-hydrogen) atoms. The van der Waals surface area contributed by atoms with Crippen LogP contribution in [0.4, 0.5) is 14.5 Å². The normalized spacial score (nSPS) is 11.3. The van der Waals surface area contributed by atoms with Crippen molar-refractivity contribution in [3.05, 3.63) is 60.2 Å². The van der Waals surface area contributed by atoms with Gasteiger partial charge in [-0.05, 0) is 24.1 Å². The molecule has 3 aromatic heterocycles. The fourth-order valence-corrected chi connectivity index (χ4v) is 3.84. The largest absolute Gasteiger partial charge is 0.480 e. The van der Waals surface area contributed by atoms with Crippen molar-refractivity contribution in [2.45, 2.75) is 4.90 Å². The Hall–Kier alpha value is -4.11. The summed E-state index contributed by atoms with van der Waals surface area (Å²) in [6.07, 6.45) is 9.64. The van der Waals surface area contributed by atoms with Gasteiger partial charge in [0.05, 0.1) is 19.5 Å². The molecule has 0 fully saturated rings. The lowest BCUT2D eigenvalue weighted by Crippen LogP contribution is -2.16. The zero-order valence-electron chi connectivity index (χ0n) is 15.7. The van der Waals surface area contributed by atoms with Crippen LogP contribution in [-0.2, 0) is 10.0 Å². The van der Waals surface area contributed by atoms with Crippen LogP contribution in [0.25, 0.3) is 17.0 Å². The number of rotatable bonds is 5. The highest BCUT2D eigenvalue weighted by molar-refractivity contribution is 7.92. The van der Waals surface area contributed by atoms with E-state index >= 15 is 0 Å². The Kier molecular flexibility index (Phi) is 4.96. The summed E-state index contributed by atoms with van der Waals surface area (Å²) in [4.78, 5) is 11.5. The van der Waals surface area contributed by atoms with E-state index in [0.29, 0.717) is 23.0 Å². The predicted octanol–water partition coefficient (Wildman–Crippen LogP) is 2.26. The van der Waals surface area contributed by atoms with Crippen molar-refractivity contribution in [2.24, 2.45) is 0 Å². The van der Waals surface area contributed by atoms with Gasteiger partial charge < -0.3 is 4.74 Å². The maximum Gasteiger partial charge on any atom is 0.264 e. The number of methoxy groups -OCH3 is 1. The zero-order chi connectivity index (χ0) is 22.2. The zero-order valence-corrected chi connectivity index (χ0v) is 16.6. The molecular formula is C19H12F2N6O3S. The smallest absolute Gasteiger partial charge is 0.264 e. The number of ether oxygens (including phenoxy) is 1. The summed E-state index contributed by atoms with van der Waals surface area (Å²) in [5, 5.41) is 4.34. The van der Waals surface area contributed by atoms with Crippen LogP contribution in [-0.4, -0.2) is 40.1 Å². The summed E-state index contributed by atoms with van der Waals surface area (Å²) < 4.78 is 61.1. The molecule has 0 radical (unpaired) electrons. The van der Waals surface area contributed by atoms with Crippen LogP contribution < -0.4 is 9.46 Å². The summed E-state index contributed by atoms with van der Waals surface area (Å²) in [6, 6.07) is 3.51. The van der Waals surface area contributed by atoms with E-state index in [1.54, 1.807) is 0 Å². The van der Waals surface area contributed by atoms with Gasteiger partial charge in [0.15, 0.2) is 0 Å². The Balaban J connectivity index is 1.77. The molecule has 9 nitrogen and oxygen atoms in total. The van der Waals surface area contributed by atoms with E-state index in [9.17, 15) is 17.2 Å². The van der Waals surface area contributed by atoms with Crippen LogP contribution >= 0.6 is 0 Å². The van der Waals surface area contributed by atoms with Crippen molar-refractivity contribution in [3.8, 4) is 29.5 Å². The number of benzene rings is 1. The number of nitrogens with one attached hydrogen (secondary N) is 1. The average molecular weight is 442 g/mol. The van der Waals surface area contributed by atoms with E-state index in [4.69, 9.17) is 11.2 Å². The molecule has 4 aromatic rings. The monoisotopic (exact) mass is 442 g/mol. The van der Waals surface area contributed by atoms with E-state index in [-0.39, 0.29) is 17.3 Å². The van der Waals surface area contributed by atoms with Gasteiger partial charge in [0, 0.05) is 17.8 Å². The number of nitrogens with zero attached hydrogens (tertiary/aromatic N) is 5. The number of aromatic nitrogens is 5. The van der Waals surface area contributed by atoms with E-state index < -0.39 is 26.6 Å². The highest BCUT2D eigenvalue weighted by atomic mass is 32.2. The van der Waals surface area contributed by atoms with Crippen molar-refractivity contribution in [1.82, 2.24) is 24.6 Å². The Morgan fingerprint density at radius 3 is 2.61 bits per heavy atom. The first-order valence-corrected chi connectivity index (χ1v) is 10.0. The van der Waals surface area contributed by atoms with E-state index in [0.717, 1.165) is 12.1 Å². The number of fused-ring (bicyclic) bond motifs is 1. The lowest BCUT2D eigenvalue weighted by atomic mass is 10.2. The van der Waals surface area contributed by atoms with Gasteiger partial charge in [0.1, 0.15) is 33.6 Å². The molecule has 0 unspecified atom stereocenters. The van der Waals surface area contributed by atoms with E-state index in [2.05, 4.69) is 30.7 Å². The van der Waals surface area contributed by atoms with Gasteiger partial charge in [-0.15, -0.1) is 6.42 Å². The minimum atomic E-state index is -4.42. The lowest BCUT2D eigenvalue weighted by Gasteiger charge is -2.13. The van der Waals surface area contributed by atoms with Crippen LogP contribution in [0.15, 0.2) is 47.8 Å². The van der Waals surface area contributed by atoms with Crippen molar-refractivity contribution in [3.63, 3.8) is 0 Å². The van der Waals surface area contributed by atoms with Crippen LogP contribution in [0.1, 0.15) is 5.69 Å². The fourth-order valence-electron chi connectivity index (χ4n) is 2.73. The lowest BCUT2D eigenvalue weighted by molar-refractivity contribution is 0.400. The molecule has 0 atom stereocenters. The number of pyridine rings is 1. The molecule has 0 aliphatic rings. The molecule has 0 spiro atoms. The van der Waals surface area contributed by atoms with Gasteiger partial charge in [-0.3, -0.25) is 4.72 Å². The molecule has 0 aliphatic carbocycles. The summed E-state index contributed by atoms with van der Waals surface area (Å²) >= 11 is 0. The summed E-state index contributed by atoms with van der Waals surface area (Å²) in [7, 11) is -3.13. The molecule has 0 saturated carbocycles. The second kappa shape index (κ2) is 7.62. The second-order valence-corrected chi connectivity index (χ2v) is 7.75. The van der Waals surface area contributed by atoms with Crippen molar-refractivity contribution in [2.75, 3.05) is 11.8 Å². The first kappa shape index (κ1) is 20.2. The molecule has 4 rings (SSSR count). The third-order valence-corrected chi connectivity index (χ3v) is 5.54. The van der Waals surface area contributed by atoms with Gasteiger partial charge in [0.2, 0.25) is 5.88 Å². The number of hydrogen-bond acceptors (Lipinski definition) is 7. The molecule has 12 heteroatoms. The van der Waals surface area contributed by atoms with Gasteiger partial charge in [-0.2, -0.15) is 9.61 Å². The highest BCUT2D eigenvalue weighted by Crippen LogP contribution is 2.30. The molecule has 156 valence electrons. The Morgan fingerprint density at radius 2 is 1.90 bits per heavy atom. The molecule has 0 aliphatic heterocycles. The Morgan fingerprint density at radius 1 is 1.13 bits per heavy atom. The molecule has 3 heterocycles. The van der Waals surface area contributed by atoms with Crippen molar-refractivity contribution >= 4 is 21.5 Å². The SMILES string of the molecule is C#Cc1cnc2ncc(-c3cnc(OC)c(NS(=O)(=O)c4ccc(F)cc4F)c3)nn12. The van der Waals surface area contributed by atoms with Crippen molar-refractivity contribution in [1.29, 1.82) is 0 Å². The number of anilines is 1. The number of terminal acetylenes is 1. The summed E-state index contributed by atoms with van der Waals surface area (Å²) in [5.41, 5.74) is 0.960. The number of sulfonamides is 1. The average Bonchev–Trinajstić information content (AvgIpc) is 3.15. The van der Waals surface area contributed by atoms with E-state index in [1.165, 1.54) is 36.3 Å². The summed E-state index contributed by atoms with van der Waals surface area (Å²) in [6.45, 7) is 0. The van der Waals surface area contributed by atoms with Crippen LogP contribution in [0.2, 0.25) is 0 Å². The molecule has 0 saturated heterocycles. The Labute approximate surface area is 174 Å². The third kappa shape index (κ3) is 3.74. The molecule has 0 bridgehead atoms. The van der Waals surface area contributed by atoms with Gasteiger partial charge in [-0.1, -0.05) is 0 Å². The predicted molar refractivity (Wildman–Crippen MR) is 106 cm³/mol. The topological polar surface area (TPSA) is 111 Å². The second-order valence-electron chi connectivity index (χ2n) is 6.10. The van der Waals surface area contributed by atoms with Gasteiger partial charge >= 0.3 is 0 Å². The molecule has 1 N–H and O–H groups in total. The maximum absolute atomic E-state index is 14.0. The van der Waals surface area contributed by atoms with Crippen molar-refractivity contribution < 1.29 is 21.9 Å². The maximum atomic E-state index is 14.0. The van der Waals surface area contributed by atoms with Crippen LogP contribution in [0.5, 0.6) is 5.88 Å².